The van der Waals surface area contributed by atoms with Crippen LogP contribution in [0, 0.1) is 11.3 Å². The van der Waals surface area contributed by atoms with Crippen LogP contribution in [0.1, 0.15) is 25.5 Å². The fourth-order valence-electron chi connectivity index (χ4n) is 3.97. The molecule has 2 saturated heterocycles. The Kier molecular flexibility index (Phi) is 4.28. The largest absolute Gasteiger partial charge is 0.365 e. The number of aromatic amines is 1. The molecule has 23 heavy (non-hydrogen) atoms. The van der Waals surface area contributed by atoms with Gasteiger partial charge in [-0.3, -0.25) is 9.59 Å². The second-order valence-corrected chi connectivity index (χ2v) is 6.82. The van der Waals surface area contributed by atoms with Gasteiger partial charge in [0.15, 0.2) is 0 Å². The van der Waals surface area contributed by atoms with E-state index in [4.69, 9.17) is 0 Å². The Hall–Kier alpha value is -2.04. The van der Waals surface area contributed by atoms with E-state index in [1.807, 2.05) is 28.1 Å². The van der Waals surface area contributed by atoms with Gasteiger partial charge in [-0.1, -0.05) is 13.0 Å². The zero-order valence-electron chi connectivity index (χ0n) is 13.8. The van der Waals surface area contributed by atoms with Gasteiger partial charge < -0.3 is 14.8 Å². The van der Waals surface area contributed by atoms with Crippen LogP contribution in [0.4, 0.5) is 0 Å². The average molecular weight is 315 g/mol. The molecular weight excluding hydrogens is 290 g/mol. The molecule has 5 nitrogen and oxygen atoms in total. The number of nitrogens with one attached hydrogen (secondary N) is 1. The number of H-pyrrole nitrogens is 1. The Morgan fingerprint density at radius 3 is 3.09 bits per heavy atom. The van der Waals surface area contributed by atoms with Crippen LogP contribution in [0.3, 0.4) is 0 Å². The molecule has 2 amide bonds. The highest BCUT2D eigenvalue weighted by atomic mass is 16.2. The van der Waals surface area contributed by atoms with Crippen molar-refractivity contribution in [2.45, 2.75) is 26.2 Å². The van der Waals surface area contributed by atoms with Gasteiger partial charge in [-0.25, -0.2) is 0 Å². The highest BCUT2D eigenvalue weighted by molar-refractivity contribution is 5.87. The summed E-state index contributed by atoms with van der Waals surface area (Å²) < 4.78 is 0. The van der Waals surface area contributed by atoms with E-state index in [1.54, 1.807) is 6.08 Å². The molecule has 1 spiro atoms. The standard InChI is InChI=1S/C18H25N3O2/c1-3-10-20-11-8-18(17(20)23)13-21(12-14(18)2)16(22)7-6-15-5-4-9-19-15/h3-5,9,14,19H,1,6-8,10-13H2,2H3/t14-,18-/m1/s1. The minimum Gasteiger partial charge on any atom is -0.365 e. The molecule has 0 unspecified atom stereocenters. The van der Waals surface area contributed by atoms with Gasteiger partial charge in [0.2, 0.25) is 11.8 Å². The summed E-state index contributed by atoms with van der Waals surface area (Å²) in [6.07, 6.45) is 5.71. The zero-order valence-corrected chi connectivity index (χ0v) is 13.8. The van der Waals surface area contributed by atoms with Gasteiger partial charge in [0.05, 0.1) is 5.41 Å². The number of rotatable bonds is 5. The van der Waals surface area contributed by atoms with Crippen molar-refractivity contribution in [3.8, 4) is 0 Å². The Morgan fingerprint density at radius 1 is 1.57 bits per heavy atom. The minimum atomic E-state index is -0.370. The van der Waals surface area contributed by atoms with E-state index in [2.05, 4.69) is 18.5 Å². The monoisotopic (exact) mass is 315 g/mol. The van der Waals surface area contributed by atoms with Crippen LogP contribution < -0.4 is 0 Å². The number of carbonyl (C=O) groups is 2. The number of amides is 2. The summed E-state index contributed by atoms with van der Waals surface area (Å²) in [5.41, 5.74) is 0.708. The molecule has 0 bridgehead atoms. The van der Waals surface area contributed by atoms with E-state index in [-0.39, 0.29) is 23.1 Å². The third-order valence-electron chi connectivity index (χ3n) is 5.42. The molecule has 1 aromatic heterocycles. The molecule has 1 N–H and O–H groups in total. The molecule has 0 aromatic carbocycles. The lowest BCUT2D eigenvalue weighted by Gasteiger charge is -2.26. The molecule has 0 aliphatic carbocycles. The van der Waals surface area contributed by atoms with Gasteiger partial charge in [-0.15, -0.1) is 6.58 Å². The van der Waals surface area contributed by atoms with Gasteiger partial charge in [-0.2, -0.15) is 0 Å². The van der Waals surface area contributed by atoms with E-state index >= 15 is 0 Å². The van der Waals surface area contributed by atoms with Crippen molar-refractivity contribution in [3.63, 3.8) is 0 Å². The number of carbonyl (C=O) groups excluding carboxylic acids is 2. The fraction of sp³-hybridized carbons (Fsp3) is 0.556. The molecule has 1 aromatic rings. The number of aromatic nitrogens is 1. The first-order valence-corrected chi connectivity index (χ1v) is 8.37. The molecule has 3 heterocycles. The maximum absolute atomic E-state index is 12.8. The predicted molar refractivity (Wildman–Crippen MR) is 88.7 cm³/mol. The fourth-order valence-corrected chi connectivity index (χ4v) is 3.97. The van der Waals surface area contributed by atoms with E-state index in [1.165, 1.54) is 0 Å². The van der Waals surface area contributed by atoms with E-state index < -0.39 is 0 Å². The highest BCUT2D eigenvalue weighted by Crippen LogP contribution is 2.44. The van der Waals surface area contributed by atoms with E-state index in [9.17, 15) is 9.59 Å². The number of likely N-dealkylation sites (tertiary alicyclic amines) is 2. The summed E-state index contributed by atoms with van der Waals surface area (Å²) in [6.45, 7) is 8.48. The van der Waals surface area contributed by atoms with E-state index in [0.717, 1.165) is 25.1 Å². The van der Waals surface area contributed by atoms with Crippen molar-refractivity contribution in [2.75, 3.05) is 26.2 Å². The molecule has 2 fully saturated rings. The lowest BCUT2D eigenvalue weighted by atomic mass is 9.78. The number of hydrogen-bond acceptors (Lipinski definition) is 2. The normalized spacial score (nSPS) is 27.2. The third-order valence-corrected chi connectivity index (χ3v) is 5.42. The Labute approximate surface area is 137 Å². The van der Waals surface area contributed by atoms with Crippen LogP contribution in [-0.4, -0.2) is 52.8 Å². The SMILES string of the molecule is C=CCN1CC[C@]2(CN(C(=O)CCc3ccc[nH]3)C[C@H]2C)C1=O. The first-order valence-electron chi connectivity index (χ1n) is 8.37. The van der Waals surface area contributed by atoms with Gasteiger partial charge in [-0.05, 0) is 30.9 Å². The first kappa shape index (κ1) is 15.8. The molecule has 2 aliphatic heterocycles. The number of hydrogen-bond donors (Lipinski definition) is 1. The van der Waals surface area contributed by atoms with Crippen molar-refractivity contribution in [1.82, 2.24) is 14.8 Å². The first-order chi connectivity index (χ1) is 11.1. The van der Waals surface area contributed by atoms with Gasteiger partial charge in [0.1, 0.15) is 0 Å². The summed E-state index contributed by atoms with van der Waals surface area (Å²) in [5, 5.41) is 0. The third kappa shape index (κ3) is 2.80. The van der Waals surface area contributed by atoms with Gasteiger partial charge >= 0.3 is 0 Å². The van der Waals surface area contributed by atoms with Gasteiger partial charge in [0, 0.05) is 44.5 Å². The second-order valence-electron chi connectivity index (χ2n) is 6.82. The molecule has 2 aliphatic rings. The highest BCUT2D eigenvalue weighted by Gasteiger charge is 2.55. The maximum Gasteiger partial charge on any atom is 0.231 e. The van der Waals surface area contributed by atoms with Crippen molar-refractivity contribution in [1.29, 1.82) is 0 Å². The second kappa shape index (κ2) is 6.22. The molecule has 0 radical (unpaired) electrons. The van der Waals surface area contributed by atoms with Crippen molar-refractivity contribution < 1.29 is 9.59 Å². The van der Waals surface area contributed by atoms with Crippen LogP contribution in [0.15, 0.2) is 31.0 Å². The van der Waals surface area contributed by atoms with Crippen LogP contribution in [0.25, 0.3) is 0 Å². The van der Waals surface area contributed by atoms with E-state index in [0.29, 0.717) is 26.1 Å². The molecule has 124 valence electrons. The quantitative estimate of drug-likeness (QED) is 0.843. The summed E-state index contributed by atoms with van der Waals surface area (Å²) in [5.74, 6) is 0.571. The lowest BCUT2D eigenvalue weighted by Crippen LogP contribution is -2.40. The van der Waals surface area contributed by atoms with Crippen LogP contribution >= 0.6 is 0 Å². The maximum atomic E-state index is 12.8. The van der Waals surface area contributed by atoms with Crippen LogP contribution in [-0.2, 0) is 16.0 Å². The van der Waals surface area contributed by atoms with Crippen molar-refractivity contribution in [2.24, 2.45) is 11.3 Å². The summed E-state index contributed by atoms with van der Waals surface area (Å²) in [4.78, 5) is 32.2. The molecule has 5 heteroatoms. The van der Waals surface area contributed by atoms with Gasteiger partial charge in [0.25, 0.3) is 0 Å². The zero-order chi connectivity index (χ0) is 16.4. The Balaban J connectivity index is 1.63. The molecule has 2 atom stereocenters. The Bertz CT molecular complexity index is 595. The van der Waals surface area contributed by atoms with Crippen LogP contribution in [0.5, 0.6) is 0 Å². The number of aryl methyl sites for hydroxylation is 1. The van der Waals surface area contributed by atoms with Crippen LogP contribution in [0.2, 0.25) is 0 Å². The van der Waals surface area contributed by atoms with Crippen molar-refractivity contribution >= 4 is 11.8 Å². The molecule has 3 rings (SSSR count). The summed E-state index contributed by atoms with van der Waals surface area (Å²) in [7, 11) is 0. The van der Waals surface area contributed by atoms with Crippen molar-refractivity contribution in [3.05, 3.63) is 36.7 Å². The molecule has 0 saturated carbocycles. The summed E-state index contributed by atoms with van der Waals surface area (Å²) >= 11 is 0. The average Bonchev–Trinajstić information content (AvgIpc) is 3.23. The smallest absolute Gasteiger partial charge is 0.231 e. The lowest BCUT2D eigenvalue weighted by molar-refractivity contribution is -0.137. The number of nitrogens with zero attached hydrogens (tertiary/aromatic N) is 2. The minimum absolute atomic E-state index is 0.151. The molecular formula is C18H25N3O2. The summed E-state index contributed by atoms with van der Waals surface area (Å²) in [6, 6.07) is 3.94. The Morgan fingerprint density at radius 2 is 2.39 bits per heavy atom. The topological polar surface area (TPSA) is 56.4 Å². The predicted octanol–water partition coefficient (Wildman–Crippen LogP) is 1.83.